The van der Waals surface area contributed by atoms with Crippen molar-refractivity contribution >= 4 is 59.2 Å². The molecule has 0 aromatic heterocycles. The van der Waals surface area contributed by atoms with Gasteiger partial charge in [0.25, 0.3) is 30.1 Å². The van der Waals surface area contributed by atoms with Gasteiger partial charge in [-0.25, -0.2) is 30.7 Å². The number of anilines is 2. The van der Waals surface area contributed by atoms with E-state index in [1.165, 1.54) is 48.8 Å². The molecule has 552 valence electrons. The number of carbonyl (C=O) groups excluding carboxylic acids is 3. The Morgan fingerprint density at radius 3 is 1.17 bits per heavy atom. The molecule has 23 nitrogen and oxygen atoms in total. The molecular formula is C77H100N12O11S3. The zero-order valence-corrected chi connectivity index (χ0v) is 62.6. The number of piperazine rings is 2. The monoisotopic (exact) mass is 1460 g/mol. The van der Waals surface area contributed by atoms with Gasteiger partial charge < -0.3 is 35.4 Å². The number of carbonyl (C=O) groups is 3. The summed E-state index contributed by atoms with van der Waals surface area (Å²) >= 11 is 0. The van der Waals surface area contributed by atoms with Crippen LogP contribution in [0.15, 0.2) is 197 Å². The molecule has 0 spiro atoms. The maximum absolute atomic E-state index is 13.0. The summed E-state index contributed by atoms with van der Waals surface area (Å²) < 4.78 is 87.3. The molecular weight excluding hydrogens is 1370 g/mol. The first kappa shape index (κ1) is 77.2. The molecule has 3 unspecified atom stereocenters. The van der Waals surface area contributed by atoms with Crippen LogP contribution in [0.1, 0.15) is 51.5 Å². The van der Waals surface area contributed by atoms with Crippen LogP contribution in [0.4, 0.5) is 11.4 Å². The number of nitrogens with one attached hydrogen (secondary N) is 4. The van der Waals surface area contributed by atoms with Crippen LogP contribution in [0.2, 0.25) is 0 Å². The number of likely N-dealkylation sites (N-methyl/N-ethyl adjacent to an activating group) is 1. The van der Waals surface area contributed by atoms with E-state index in [1.54, 1.807) is 75.2 Å². The number of nitrogens with zero attached hydrogens (tertiary/aromatic N) is 8. The lowest BCUT2D eigenvalue weighted by molar-refractivity contribution is -0.132. The van der Waals surface area contributed by atoms with E-state index in [0.29, 0.717) is 25.3 Å². The Morgan fingerprint density at radius 2 is 0.816 bits per heavy atom. The van der Waals surface area contributed by atoms with E-state index >= 15 is 0 Å². The number of likely N-dealkylation sites (tertiary alicyclic amines) is 1. The molecule has 6 heterocycles. The Labute approximate surface area is 608 Å². The van der Waals surface area contributed by atoms with Crippen molar-refractivity contribution in [1.29, 1.82) is 0 Å². The second kappa shape index (κ2) is 34.9. The molecule has 5 N–H and O–H groups in total. The molecule has 0 aliphatic carbocycles. The van der Waals surface area contributed by atoms with Crippen LogP contribution in [0.5, 0.6) is 0 Å². The third-order valence-corrected chi connectivity index (χ3v) is 25.6. The summed E-state index contributed by atoms with van der Waals surface area (Å²) in [5.74, 6) is -1.86. The van der Waals surface area contributed by atoms with Crippen LogP contribution in [0.3, 0.4) is 0 Å². The SMILES string of the molecule is CNC(=O)C1C=CN(S(=O)(=O)c2ccc(-c3ccc(N4CCN(C)CC4)cc3)cc2)CC1.CNC(=O)C1C=CN(S(=O)(=O)c2ccc(-c3ccc(NC4CCN(C)CC4)cc3)cc2)CC1.COCC(C)(C)N1CCN(Cc2ccc(-c3ccc(S(=O)(=O)N4C=CC(C(=O)NO)CC4)cc3)cc2)CC1. The van der Waals surface area contributed by atoms with E-state index < -0.39 is 41.9 Å². The molecule has 0 radical (unpaired) electrons. The number of hydroxylamine groups is 1. The third kappa shape index (κ3) is 19.7. The molecule has 12 rings (SSSR count). The van der Waals surface area contributed by atoms with Gasteiger partial charge in [-0.05, 0) is 173 Å². The first-order valence-electron chi connectivity index (χ1n) is 35.3. The second-order valence-electron chi connectivity index (χ2n) is 27.7. The van der Waals surface area contributed by atoms with Crippen LogP contribution < -0.4 is 26.3 Å². The largest absolute Gasteiger partial charge is 0.383 e. The molecule has 103 heavy (non-hydrogen) atoms. The highest BCUT2D eigenvalue weighted by Crippen LogP contribution is 2.32. The lowest BCUT2D eigenvalue weighted by Gasteiger charge is -2.43. The summed E-state index contributed by atoms with van der Waals surface area (Å²) in [4.78, 5) is 47.8. The normalized spacial score (nSPS) is 19.7. The van der Waals surface area contributed by atoms with Crippen molar-refractivity contribution in [2.75, 3.05) is 137 Å². The summed E-state index contributed by atoms with van der Waals surface area (Å²) in [5.41, 5.74) is 11.2. The predicted octanol–water partition coefficient (Wildman–Crippen LogP) is 8.43. The van der Waals surface area contributed by atoms with Gasteiger partial charge in [-0.3, -0.25) is 42.3 Å². The first-order valence-corrected chi connectivity index (χ1v) is 39.6. The minimum absolute atomic E-state index is 0.0450. The average Bonchev–Trinajstić information content (AvgIpc) is 0.803. The van der Waals surface area contributed by atoms with Gasteiger partial charge in [0.15, 0.2) is 0 Å². The quantitative estimate of drug-likeness (QED) is 0.0355. The third-order valence-electron chi connectivity index (χ3n) is 20.2. The number of hydrogen-bond acceptors (Lipinski definition) is 17. The van der Waals surface area contributed by atoms with Crippen LogP contribution in [0.25, 0.3) is 33.4 Å². The molecule has 6 aliphatic rings. The molecule has 3 saturated heterocycles. The molecule has 0 bridgehead atoms. The van der Waals surface area contributed by atoms with Crippen molar-refractivity contribution in [3.05, 3.63) is 188 Å². The average molecular weight is 1470 g/mol. The lowest BCUT2D eigenvalue weighted by atomic mass is 10.0. The Balaban J connectivity index is 0.000000167. The Kier molecular flexibility index (Phi) is 26.1. The van der Waals surface area contributed by atoms with E-state index in [-0.39, 0.29) is 63.5 Å². The van der Waals surface area contributed by atoms with Crippen molar-refractivity contribution < 1.29 is 49.6 Å². The Bertz CT molecular complexity index is 4260. The predicted molar refractivity (Wildman–Crippen MR) is 404 cm³/mol. The van der Waals surface area contributed by atoms with Gasteiger partial charge in [0.2, 0.25) is 17.7 Å². The summed E-state index contributed by atoms with van der Waals surface area (Å²) in [6, 6.07) is 46.5. The van der Waals surface area contributed by atoms with Gasteiger partial charge in [0.05, 0.1) is 39.0 Å². The topological polar surface area (TPSA) is 257 Å². The smallest absolute Gasteiger partial charge is 0.263 e. The van der Waals surface area contributed by atoms with Crippen molar-refractivity contribution in [2.24, 2.45) is 17.8 Å². The highest BCUT2D eigenvalue weighted by atomic mass is 32.2. The first-order chi connectivity index (χ1) is 49.4. The molecule has 26 heteroatoms. The molecule has 6 aromatic carbocycles. The van der Waals surface area contributed by atoms with E-state index in [1.807, 2.05) is 36.4 Å². The van der Waals surface area contributed by atoms with Crippen molar-refractivity contribution in [3.8, 4) is 33.4 Å². The van der Waals surface area contributed by atoms with Crippen molar-refractivity contribution in [2.45, 2.75) is 78.8 Å². The maximum atomic E-state index is 13.0. The van der Waals surface area contributed by atoms with Gasteiger partial charge in [0, 0.05) is 141 Å². The van der Waals surface area contributed by atoms with Gasteiger partial charge in [-0.15, -0.1) is 0 Å². The minimum atomic E-state index is -3.72. The lowest BCUT2D eigenvalue weighted by Crippen LogP contribution is -2.56. The fraction of sp³-hybridized carbons (Fsp3) is 0.416. The number of methoxy groups -OCH3 is 1. The molecule has 0 saturated carbocycles. The highest BCUT2D eigenvalue weighted by molar-refractivity contribution is 7.89. The molecule has 6 aromatic rings. The number of rotatable bonds is 20. The number of benzene rings is 6. The van der Waals surface area contributed by atoms with Gasteiger partial charge in [0.1, 0.15) is 0 Å². The van der Waals surface area contributed by atoms with Crippen LogP contribution in [0, 0.1) is 17.8 Å². The van der Waals surface area contributed by atoms with Gasteiger partial charge in [-0.2, -0.15) is 0 Å². The van der Waals surface area contributed by atoms with Crippen LogP contribution in [-0.4, -0.2) is 219 Å². The maximum Gasteiger partial charge on any atom is 0.263 e. The summed E-state index contributed by atoms with van der Waals surface area (Å²) in [7, 11) is -1.77. The number of ether oxygens (including phenoxy) is 1. The zero-order valence-electron chi connectivity index (χ0n) is 60.1. The number of amides is 3. The van der Waals surface area contributed by atoms with Crippen LogP contribution >= 0.6 is 0 Å². The zero-order chi connectivity index (χ0) is 73.5. The Hall–Kier alpha value is -8.44. The Morgan fingerprint density at radius 1 is 0.456 bits per heavy atom. The van der Waals surface area contributed by atoms with E-state index in [4.69, 9.17) is 9.94 Å². The van der Waals surface area contributed by atoms with Crippen molar-refractivity contribution in [1.82, 2.24) is 48.6 Å². The number of hydrogen-bond donors (Lipinski definition) is 5. The fourth-order valence-corrected chi connectivity index (χ4v) is 17.6. The van der Waals surface area contributed by atoms with E-state index in [9.17, 15) is 39.6 Å². The minimum Gasteiger partial charge on any atom is -0.383 e. The molecule has 3 fully saturated rings. The van der Waals surface area contributed by atoms with Crippen LogP contribution in [-0.2, 0) is 55.7 Å². The summed E-state index contributed by atoms with van der Waals surface area (Å²) in [6.07, 6.45) is 12.7. The van der Waals surface area contributed by atoms with Crippen molar-refractivity contribution in [3.63, 3.8) is 0 Å². The van der Waals surface area contributed by atoms with Gasteiger partial charge in [-0.1, -0.05) is 103 Å². The summed E-state index contributed by atoms with van der Waals surface area (Å²) in [6.45, 7) is 17.3. The van der Waals surface area contributed by atoms with E-state index in [0.717, 1.165) is 131 Å². The van der Waals surface area contributed by atoms with Gasteiger partial charge >= 0.3 is 0 Å². The standard InChI is InChI=1S/C28H38N4O5S.C25H32N4O3S.C24H30N4O3S/c1-28(2,21-37-3)31-18-16-30(17-19-31)20-22-4-6-23(7-5-22)24-8-10-26(11-9-24)38(35,36)32-14-12-25(13-15-32)27(33)29-34;1-26-25(30)21-11-17-29(18-12-21)33(31,32)24-9-5-20(6-10-24)19-3-7-22(8-4-19)27-23-13-15-28(2)16-14-23;1-25-24(29)21-11-13-28(14-12-21)32(30,31)23-9-5-20(6-10-23)19-3-7-22(8-4-19)27-17-15-26(2)16-18-27/h4-12,14,25,34H,13,15-21H2,1-3H3,(H,29,33);3-11,17,21,23,27H,12-16,18H2,1-2H3,(H,26,30);3-11,13,21H,12,14-18H2,1-2H3,(H,25,29). The van der Waals surface area contributed by atoms with E-state index in [2.05, 4.69) is 141 Å². The molecule has 3 atom stereocenters. The molecule has 3 amide bonds. The second-order valence-corrected chi connectivity index (χ2v) is 33.3. The number of piperidine rings is 1. The fourth-order valence-electron chi connectivity index (χ4n) is 13.6. The number of sulfonamides is 3. The highest BCUT2D eigenvalue weighted by Gasteiger charge is 2.33. The summed E-state index contributed by atoms with van der Waals surface area (Å²) in [5, 5.41) is 17.6. The molecule has 6 aliphatic heterocycles.